The number of rotatable bonds is 2. The highest BCUT2D eigenvalue weighted by Crippen LogP contribution is 2.41. The Morgan fingerprint density at radius 2 is 1.75 bits per heavy atom. The van der Waals surface area contributed by atoms with Crippen LogP contribution in [0.4, 0.5) is 0 Å². The van der Waals surface area contributed by atoms with Crippen LogP contribution in [0.2, 0.25) is 0 Å². The average Bonchev–Trinajstić information content (AvgIpc) is 2.83. The zero-order chi connectivity index (χ0) is 11.2. The van der Waals surface area contributed by atoms with Crippen molar-refractivity contribution in [2.45, 2.75) is 31.2 Å². The molecule has 4 aliphatic rings. The highest BCUT2D eigenvalue weighted by Gasteiger charge is 2.56. The number of carbonyl (C=O) groups is 1. The Kier molecular flexibility index (Phi) is 2.44. The summed E-state index contributed by atoms with van der Waals surface area (Å²) in [6.45, 7) is 4.93. The zero-order valence-electron chi connectivity index (χ0n) is 9.69. The van der Waals surface area contributed by atoms with E-state index in [0.717, 1.165) is 45.6 Å². The predicted molar refractivity (Wildman–Crippen MR) is 60.3 cm³/mol. The molecule has 0 aromatic carbocycles. The third-order valence-corrected chi connectivity index (χ3v) is 4.77. The second-order valence-corrected chi connectivity index (χ2v) is 5.47. The first kappa shape index (κ1) is 10.5. The van der Waals surface area contributed by atoms with Gasteiger partial charge in [-0.3, -0.25) is 9.69 Å². The van der Waals surface area contributed by atoms with Gasteiger partial charge in [0.2, 0.25) is 0 Å². The molecule has 90 valence electrons. The first-order valence-corrected chi connectivity index (χ1v) is 6.44. The molecule has 1 unspecified atom stereocenters. The van der Waals surface area contributed by atoms with E-state index in [4.69, 9.17) is 0 Å². The number of nitrogens with zero attached hydrogens (tertiary/aromatic N) is 2. The van der Waals surface area contributed by atoms with Crippen LogP contribution in [-0.2, 0) is 4.79 Å². The summed E-state index contributed by atoms with van der Waals surface area (Å²) in [7, 11) is 0. The summed E-state index contributed by atoms with van der Waals surface area (Å²) in [5.41, 5.74) is -0.549. The van der Waals surface area contributed by atoms with E-state index >= 15 is 0 Å². The van der Waals surface area contributed by atoms with Crippen molar-refractivity contribution in [2.24, 2.45) is 5.92 Å². The lowest BCUT2D eigenvalue weighted by Gasteiger charge is -2.54. The van der Waals surface area contributed by atoms with Gasteiger partial charge in [-0.2, -0.15) is 0 Å². The van der Waals surface area contributed by atoms with Crippen LogP contribution >= 0.6 is 0 Å². The smallest absolute Gasteiger partial charge is 0.325 e. The number of aliphatic carboxylic acids is 1. The van der Waals surface area contributed by atoms with Gasteiger partial charge >= 0.3 is 5.97 Å². The molecule has 4 aliphatic heterocycles. The molecule has 16 heavy (non-hydrogen) atoms. The number of hydrogen-bond acceptors (Lipinski definition) is 3. The van der Waals surface area contributed by atoms with Crippen LogP contribution in [0.3, 0.4) is 0 Å². The number of carboxylic acids is 1. The molecule has 4 fully saturated rings. The van der Waals surface area contributed by atoms with Crippen molar-refractivity contribution in [1.29, 1.82) is 0 Å². The van der Waals surface area contributed by atoms with Crippen LogP contribution in [0.15, 0.2) is 0 Å². The van der Waals surface area contributed by atoms with Crippen molar-refractivity contribution < 1.29 is 9.90 Å². The zero-order valence-corrected chi connectivity index (χ0v) is 9.69. The first-order valence-electron chi connectivity index (χ1n) is 6.44. The molecule has 4 heterocycles. The lowest BCUT2D eigenvalue weighted by molar-refractivity contribution is -0.166. The van der Waals surface area contributed by atoms with Crippen molar-refractivity contribution in [3.63, 3.8) is 0 Å². The van der Waals surface area contributed by atoms with Gasteiger partial charge in [0.15, 0.2) is 0 Å². The molecule has 0 spiro atoms. The maximum atomic E-state index is 11.8. The van der Waals surface area contributed by atoms with Gasteiger partial charge in [-0.15, -0.1) is 0 Å². The topological polar surface area (TPSA) is 43.8 Å². The summed E-state index contributed by atoms with van der Waals surface area (Å²) in [5, 5.41) is 9.70. The number of piperidine rings is 3. The van der Waals surface area contributed by atoms with Crippen LogP contribution in [0.5, 0.6) is 0 Å². The second kappa shape index (κ2) is 3.70. The molecule has 0 aromatic rings. The average molecular weight is 224 g/mol. The summed E-state index contributed by atoms with van der Waals surface area (Å²) in [6, 6.07) is 0. The second-order valence-electron chi connectivity index (χ2n) is 5.47. The number of carboxylic acid groups (broad SMARTS) is 1. The Hall–Kier alpha value is -0.610. The summed E-state index contributed by atoms with van der Waals surface area (Å²) in [4.78, 5) is 16.4. The van der Waals surface area contributed by atoms with Gasteiger partial charge in [0.1, 0.15) is 5.54 Å². The van der Waals surface area contributed by atoms with Crippen LogP contribution in [0.1, 0.15) is 25.7 Å². The molecule has 2 bridgehead atoms. The fourth-order valence-corrected chi connectivity index (χ4v) is 3.89. The third kappa shape index (κ3) is 1.32. The summed E-state index contributed by atoms with van der Waals surface area (Å²) < 4.78 is 0. The Morgan fingerprint density at radius 1 is 1.12 bits per heavy atom. The molecule has 4 heteroatoms. The van der Waals surface area contributed by atoms with Crippen LogP contribution in [0.25, 0.3) is 0 Å². The minimum Gasteiger partial charge on any atom is -0.480 e. The highest BCUT2D eigenvalue weighted by atomic mass is 16.4. The van der Waals surface area contributed by atoms with Gasteiger partial charge in [-0.1, -0.05) is 0 Å². The van der Waals surface area contributed by atoms with Gasteiger partial charge < -0.3 is 10.0 Å². The normalized spacial score (nSPS) is 43.8. The van der Waals surface area contributed by atoms with Gasteiger partial charge in [-0.05, 0) is 57.8 Å². The van der Waals surface area contributed by atoms with E-state index in [0.29, 0.717) is 5.92 Å². The fraction of sp³-hybridized carbons (Fsp3) is 0.917. The molecule has 1 atom stereocenters. The third-order valence-electron chi connectivity index (χ3n) is 4.77. The molecule has 4 nitrogen and oxygen atoms in total. The molecule has 0 saturated carbocycles. The van der Waals surface area contributed by atoms with Crippen LogP contribution in [0, 0.1) is 5.92 Å². The minimum absolute atomic E-state index is 0.382. The van der Waals surface area contributed by atoms with Gasteiger partial charge in [0.25, 0.3) is 0 Å². The summed E-state index contributed by atoms with van der Waals surface area (Å²) >= 11 is 0. The molecule has 4 rings (SSSR count). The monoisotopic (exact) mass is 224 g/mol. The van der Waals surface area contributed by atoms with Crippen LogP contribution in [-0.4, -0.2) is 59.1 Å². The first-order chi connectivity index (χ1) is 7.73. The Bertz CT molecular complexity index is 289. The van der Waals surface area contributed by atoms with E-state index in [1.165, 1.54) is 12.8 Å². The van der Waals surface area contributed by atoms with E-state index in [2.05, 4.69) is 9.80 Å². The Morgan fingerprint density at radius 3 is 2.19 bits per heavy atom. The summed E-state index contributed by atoms with van der Waals surface area (Å²) in [6.07, 6.45) is 4.48. The molecule has 0 aromatic heterocycles. The predicted octanol–water partition coefficient (Wildman–Crippen LogP) is 0.631. The van der Waals surface area contributed by atoms with Crippen LogP contribution < -0.4 is 0 Å². The molecular formula is C12H20N2O2. The SMILES string of the molecule is O=C(O)C1(N2CCCC2)CN2CCC1CC2. The van der Waals surface area contributed by atoms with E-state index < -0.39 is 11.5 Å². The minimum atomic E-state index is -0.580. The molecule has 0 radical (unpaired) electrons. The van der Waals surface area contributed by atoms with Crippen molar-refractivity contribution >= 4 is 5.97 Å². The van der Waals surface area contributed by atoms with E-state index in [1.807, 2.05) is 0 Å². The lowest BCUT2D eigenvalue weighted by atomic mass is 9.71. The largest absolute Gasteiger partial charge is 0.480 e. The summed E-state index contributed by atoms with van der Waals surface area (Å²) in [5.74, 6) is -0.197. The van der Waals surface area contributed by atoms with Crippen molar-refractivity contribution in [1.82, 2.24) is 9.80 Å². The molecular weight excluding hydrogens is 204 g/mol. The Labute approximate surface area is 96.2 Å². The number of likely N-dealkylation sites (tertiary alicyclic amines) is 1. The maximum Gasteiger partial charge on any atom is 0.325 e. The van der Waals surface area contributed by atoms with Gasteiger partial charge in [0, 0.05) is 6.54 Å². The van der Waals surface area contributed by atoms with E-state index in [1.54, 1.807) is 0 Å². The van der Waals surface area contributed by atoms with Gasteiger partial charge in [0.05, 0.1) is 0 Å². The fourth-order valence-electron chi connectivity index (χ4n) is 3.89. The molecule has 0 amide bonds. The Balaban J connectivity index is 1.93. The molecule has 0 aliphatic carbocycles. The molecule has 1 N–H and O–H groups in total. The number of fused-ring (bicyclic) bond motifs is 3. The maximum absolute atomic E-state index is 11.8. The quantitative estimate of drug-likeness (QED) is 0.747. The van der Waals surface area contributed by atoms with Crippen molar-refractivity contribution in [3.8, 4) is 0 Å². The number of hydrogen-bond donors (Lipinski definition) is 1. The highest BCUT2D eigenvalue weighted by molar-refractivity contribution is 5.80. The standard InChI is InChI=1S/C12H20N2O2/c15-11(16)12(14-5-1-2-6-14)9-13-7-3-10(12)4-8-13/h10H,1-9H2,(H,15,16). The van der Waals surface area contributed by atoms with Gasteiger partial charge in [-0.25, -0.2) is 0 Å². The van der Waals surface area contributed by atoms with Crippen molar-refractivity contribution in [2.75, 3.05) is 32.7 Å². The molecule has 4 saturated heterocycles. The van der Waals surface area contributed by atoms with E-state index in [-0.39, 0.29) is 0 Å². The van der Waals surface area contributed by atoms with Crippen molar-refractivity contribution in [3.05, 3.63) is 0 Å². The lowest BCUT2D eigenvalue weighted by Crippen LogP contribution is -2.70. The van der Waals surface area contributed by atoms with E-state index in [9.17, 15) is 9.90 Å².